The Hall–Kier alpha value is -3.81. The van der Waals surface area contributed by atoms with Crippen LogP contribution in [0.15, 0.2) is 78.0 Å². The standard InChI is InChI=1S/C25H21Cl2N7/c26-16-2-5-18(6-3-16)32-19-12-15(8-11-29-24(28)34-25-30-9-1-10-31-25)23-21(14-19)20-13-17(27)4-7-22(20)33-23/h1-7,9-10,12-14,32-33H,8,11H2,(H3,28,29,30,31,34). The fourth-order valence-electron chi connectivity index (χ4n) is 3.83. The molecule has 0 aliphatic carbocycles. The molecule has 0 amide bonds. The number of aromatic amines is 1. The zero-order valence-electron chi connectivity index (χ0n) is 18.0. The SMILES string of the molecule is NC(=NCCc1cc(Nc2ccc(Cl)cc2)cc2c1[nH]c1ccc(Cl)cc12)Nc1ncccn1. The third kappa shape index (κ3) is 4.90. The second-order valence-corrected chi connectivity index (χ2v) is 8.59. The monoisotopic (exact) mass is 489 g/mol. The van der Waals surface area contributed by atoms with Crippen LogP contribution in [0.2, 0.25) is 10.0 Å². The minimum Gasteiger partial charge on any atom is -0.370 e. The highest BCUT2D eigenvalue weighted by atomic mass is 35.5. The lowest BCUT2D eigenvalue weighted by molar-refractivity contribution is 0.969. The molecule has 0 fully saturated rings. The number of nitrogens with two attached hydrogens (primary N) is 1. The lowest BCUT2D eigenvalue weighted by atomic mass is 10.0. The zero-order chi connectivity index (χ0) is 23.5. The summed E-state index contributed by atoms with van der Waals surface area (Å²) in [5.74, 6) is 0.675. The van der Waals surface area contributed by atoms with Gasteiger partial charge in [-0.05, 0) is 72.6 Å². The molecule has 9 heteroatoms. The molecule has 5 rings (SSSR count). The summed E-state index contributed by atoms with van der Waals surface area (Å²) in [5.41, 5.74) is 11.1. The molecule has 170 valence electrons. The average molecular weight is 490 g/mol. The first kappa shape index (κ1) is 22.0. The molecule has 0 aliphatic rings. The molecule has 2 aromatic heterocycles. The summed E-state index contributed by atoms with van der Waals surface area (Å²) in [5, 5.41) is 9.90. The summed E-state index contributed by atoms with van der Waals surface area (Å²) in [6.07, 6.45) is 3.95. The molecule has 0 bridgehead atoms. The summed E-state index contributed by atoms with van der Waals surface area (Å²) in [6, 6.07) is 19.4. The van der Waals surface area contributed by atoms with E-state index >= 15 is 0 Å². The van der Waals surface area contributed by atoms with Gasteiger partial charge < -0.3 is 16.0 Å². The summed E-state index contributed by atoms with van der Waals surface area (Å²) >= 11 is 12.3. The maximum absolute atomic E-state index is 6.29. The maximum atomic E-state index is 6.29. The number of nitrogens with zero attached hydrogens (tertiary/aromatic N) is 3. The Morgan fingerprint density at radius 1 is 0.912 bits per heavy atom. The van der Waals surface area contributed by atoms with Gasteiger partial charge in [0.1, 0.15) is 0 Å². The Bertz CT molecular complexity index is 1480. The topological polar surface area (TPSA) is 104 Å². The third-order valence-electron chi connectivity index (χ3n) is 5.35. The number of rotatable bonds is 6. The number of H-pyrrole nitrogens is 1. The van der Waals surface area contributed by atoms with Crippen LogP contribution < -0.4 is 16.4 Å². The van der Waals surface area contributed by atoms with E-state index in [1.165, 1.54) is 0 Å². The first-order valence-electron chi connectivity index (χ1n) is 10.7. The van der Waals surface area contributed by atoms with E-state index in [9.17, 15) is 0 Å². The van der Waals surface area contributed by atoms with E-state index < -0.39 is 0 Å². The molecular weight excluding hydrogens is 469 g/mol. The lowest BCUT2D eigenvalue weighted by Gasteiger charge is -2.11. The van der Waals surface area contributed by atoms with Crippen LogP contribution in [0, 0.1) is 0 Å². The second kappa shape index (κ2) is 9.59. The smallest absolute Gasteiger partial charge is 0.229 e. The number of aromatic nitrogens is 3. The fraction of sp³-hybridized carbons (Fsp3) is 0.0800. The molecule has 7 nitrogen and oxygen atoms in total. The quantitative estimate of drug-likeness (QED) is 0.169. The predicted octanol–water partition coefficient (Wildman–Crippen LogP) is 6.13. The molecule has 0 spiro atoms. The van der Waals surface area contributed by atoms with Gasteiger partial charge in [-0.1, -0.05) is 23.2 Å². The highest BCUT2D eigenvalue weighted by Gasteiger charge is 2.12. The van der Waals surface area contributed by atoms with Gasteiger partial charge in [0.15, 0.2) is 5.96 Å². The van der Waals surface area contributed by atoms with E-state index in [0.29, 0.717) is 29.0 Å². The maximum Gasteiger partial charge on any atom is 0.229 e. The number of aliphatic imine (C=N–C) groups is 1. The van der Waals surface area contributed by atoms with Gasteiger partial charge in [-0.25, -0.2) is 9.97 Å². The van der Waals surface area contributed by atoms with Crippen molar-refractivity contribution in [2.45, 2.75) is 6.42 Å². The number of hydrogen-bond acceptors (Lipinski definition) is 4. The molecule has 0 atom stereocenters. The molecule has 0 aliphatic heterocycles. The van der Waals surface area contributed by atoms with Crippen molar-refractivity contribution in [3.05, 3.63) is 88.7 Å². The van der Waals surface area contributed by atoms with Crippen LogP contribution in [-0.4, -0.2) is 27.5 Å². The van der Waals surface area contributed by atoms with E-state index in [0.717, 1.165) is 38.7 Å². The van der Waals surface area contributed by atoms with Gasteiger partial charge in [-0.15, -0.1) is 0 Å². The number of fused-ring (bicyclic) bond motifs is 3. The van der Waals surface area contributed by atoms with Crippen LogP contribution in [-0.2, 0) is 6.42 Å². The molecule has 5 N–H and O–H groups in total. The number of guanidine groups is 1. The van der Waals surface area contributed by atoms with Crippen LogP contribution in [0.1, 0.15) is 5.56 Å². The Kier molecular flexibility index (Phi) is 6.20. The number of benzene rings is 3. The third-order valence-corrected chi connectivity index (χ3v) is 5.84. The molecule has 34 heavy (non-hydrogen) atoms. The number of nitrogens with one attached hydrogen (secondary N) is 3. The van der Waals surface area contributed by atoms with Gasteiger partial charge in [0.2, 0.25) is 5.95 Å². The molecule has 0 saturated carbocycles. The van der Waals surface area contributed by atoms with Crippen LogP contribution >= 0.6 is 23.2 Å². The number of halogens is 2. The molecule has 0 unspecified atom stereocenters. The molecular formula is C25H21Cl2N7. The van der Waals surface area contributed by atoms with Crippen molar-refractivity contribution in [2.24, 2.45) is 10.7 Å². The normalized spacial score (nSPS) is 11.8. The summed E-state index contributed by atoms with van der Waals surface area (Å²) < 4.78 is 0. The van der Waals surface area contributed by atoms with Crippen LogP contribution in [0.4, 0.5) is 17.3 Å². The Balaban J connectivity index is 1.46. The van der Waals surface area contributed by atoms with Crippen molar-refractivity contribution < 1.29 is 0 Å². The van der Waals surface area contributed by atoms with Crippen molar-refractivity contribution in [1.82, 2.24) is 15.0 Å². The van der Waals surface area contributed by atoms with Crippen molar-refractivity contribution >= 4 is 68.3 Å². The van der Waals surface area contributed by atoms with Crippen LogP contribution in [0.25, 0.3) is 21.8 Å². The molecule has 5 aromatic rings. The van der Waals surface area contributed by atoms with Gasteiger partial charge in [-0.2, -0.15) is 0 Å². The summed E-state index contributed by atoms with van der Waals surface area (Å²) in [4.78, 5) is 16.2. The Morgan fingerprint density at radius 2 is 1.68 bits per heavy atom. The highest BCUT2D eigenvalue weighted by molar-refractivity contribution is 6.32. The van der Waals surface area contributed by atoms with E-state index in [1.807, 2.05) is 42.5 Å². The average Bonchev–Trinajstić information content (AvgIpc) is 3.19. The summed E-state index contributed by atoms with van der Waals surface area (Å²) in [6.45, 7) is 0.487. The van der Waals surface area contributed by atoms with Crippen LogP contribution in [0.3, 0.4) is 0 Å². The molecule has 0 saturated heterocycles. The number of hydrogen-bond donors (Lipinski definition) is 4. The summed E-state index contributed by atoms with van der Waals surface area (Å²) in [7, 11) is 0. The lowest BCUT2D eigenvalue weighted by Crippen LogP contribution is -2.24. The minimum atomic E-state index is 0.265. The van der Waals surface area contributed by atoms with Gasteiger partial charge in [0.25, 0.3) is 0 Å². The van der Waals surface area contributed by atoms with Crippen molar-refractivity contribution in [1.29, 1.82) is 0 Å². The largest absolute Gasteiger partial charge is 0.370 e. The van der Waals surface area contributed by atoms with Gasteiger partial charge in [-0.3, -0.25) is 10.3 Å². The zero-order valence-corrected chi connectivity index (χ0v) is 19.5. The predicted molar refractivity (Wildman–Crippen MR) is 141 cm³/mol. The van der Waals surface area contributed by atoms with Crippen LogP contribution in [0.5, 0.6) is 0 Å². The fourth-order valence-corrected chi connectivity index (χ4v) is 4.13. The minimum absolute atomic E-state index is 0.265. The van der Waals surface area contributed by atoms with Crippen molar-refractivity contribution in [3.8, 4) is 0 Å². The van der Waals surface area contributed by atoms with Gasteiger partial charge in [0, 0.05) is 62.2 Å². The first-order chi connectivity index (χ1) is 16.5. The molecule has 0 radical (unpaired) electrons. The van der Waals surface area contributed by atoms with E-state index in [-0.39, 0.29) is 5.96 Å². The van der Waals surface area contributed by atoms with E-state index in [4.69, 9.17) is 28.9 Å². The van der Waals surface area contributed by atoms with Gasteiger partial charge in [0.05, 0.1) is 0 Å². The van der Waals surface area contributed by atoms with E-state index in [1.54, 1.807) is 18.5 Å². The van der Waals surface area contributed by atoms with E-state index in [2.05, 4.69) is 42.7 Å². The van der Waals surface area contributed by atoms with Gasteiger partial charge >= 0.3 is 0 Å². The highest BCUT2D eigenvalue weighted by Crippen LogP contribution is 2.33. The Labute approximate surface area is 206 Å². The second-order valence-electron chi connectivity index (χ2n) is 7.72. The van der Waals surface area contributed by atoms with Crippen molar-refractivity contribution in [2.75, 3.05) is 17.2 Å². The molecule has 2 heterocycles. The Morgan fingerprint density at radius 3 is 2.47 bits per heavy atom. The molecule has 3 aromatic carbocycles. The number of anilines is 3. The van der Waals surface area contributed by atoms with Crippen molar-refractivity contribution in [3.63, 3.8) is 0 Å². The first-order valence-corrected chi connectivity index (χ1v) is 11.4.